The predicted octanol–water partition coefficient (Wildman–Crippen LogP) is 3.90. The third-order valence-corrected chi connectivity index (χ3v) is 6.77. The fourth-order valence-corrected chi connectivity index (χ4v) is 4.59. The van der Waals surface area contributed by atoms with Gasteiger partial charge in [0.05, 0.1) is 24.6 Å². The topological polar surface area (TPSA) is 75.7 Å². The number of nitrogens with zero attached hydrogens (tertiary/aromatic N) is 1. The molecule has 0 bridgehead atoms. The zero-order valence-corrected chi connectivity index (χ0v) is 18.7. The number of rotatable bonds is 9. The summed E-state index contributed by atoms with van der Waals surface area (Å²) < 4.78 is 46.0. The Morgan fingerprint density at radius 3 is 2.22 bits per heavy atom. The molecule has 0 heterocycles. The molecule has 3 rings (SSSR count). The van der Waals surface area contributed by atoms with Crippen LogP contribution in [0.5, 0.6) is 5.75 Å². The van der Waals surface area contributed by atoms with E-state index >= 15 is 0 Å². The smallest absolute Gasteiger partial charge is 0.243 e. The number of nitrogens with one attached hydrogen (secondary N) is 1. The third kappa shape index (κ3) is 5.93. The minimum atomic E-state index is -3.95. The summed E-state index contributed by atoms with van der Waals surface area (Å²) in [6, 6.07) is 20.3. The minimum absolute atomic E-state index is 0.0676. The molecule has 0 aliphatic carbocycles. The second-order valence-electron chi connectivity index (χ2n) is 7.27. The Balaban J connectivity index is 1.79. The van der Waals surface area contributed by atoms with E-state index in [1.807, 2.05) is 19.1 Å². The second-order valence-corrected chi connectivity index (χ2v) is 9.21. The molecule has 1 N–H and O–H groups in total. The van der Waals surface area contributed by atoms with Crippen LogP contribution < -0.4 is 10.1 Å². The lowest BCUT2D eigenvalue weighted by Crippen LogP contribution is -2.41. The van der Waals surface area contributed by atoms with E-state index < -0.39 is 21.7 Å². The predicted molar refractivity (Wildman–Crippen MR) is 120 cm³/mol. The highest BCUT2D eigenvalue weighted by Crippen LogP contribution is 2.20. The number of halogens is 1. The first-order valence-corrected chi connectivity index (χ1v) is 11.5. The van der Waals surface area contributed by atoms with Gasteiger partial charge in [-0.1, -0.05) is 42.5 Å². The van der Waals surface area contributed by atoms with Crippen LogP contribution in [-0.4, -0.2) is 32.3 Å². The first-order chi connectivity index (χ1) is 15.3. The van der Waals surface area contributed by atoms with E-state index in [0.717, 1.165) is 9.87 Å². The quantitative estimate of drug-likeness (QED) is 0.530. The normalized spacial score (nSPS) is 12.4. The number of hydrogen-bond donors (Lipinski definition) is 1. The summed E-state index contributed by atoms with van der Waals surface area (Å²) in [6.07, 6.45) is 0. The molecule has 8 heteroatoms. The van der Waals surface area contributed by atoms with Crippen LogP contribution in [0, 0.1) is 5.82 Å². The van der Waals surface area contributed by atoms with Crippen molar-refractivity contribution in [3.8, 4) is 5.75 Å². The maximum absolute atomic E-state index is 13.3. The summed E-state index contributed by atoms with van der Waals surface area (Å²) in [5.74, 6) is -0.168. The molecular formula is C24H25FN2O4S. The van der Waals surface area contributed by atoms with Crippen LogP contribution in [-0.2, 0) is 21.4 Å². The lowest BCUT2D eigenvalue weighted by atomic mass is 10.1. The van der Waals surface area contributed by atoms with Crippen molar-refractivity contribution in [3.63, 3.8) is 0 Å². The van der Waals surface area contributed by atoms with Crippen molar-refractivity contribution in [1.82, 2.24) is 9.62 Å². The molecule has 0 aliphatic heterocycles. The summed E-state index contributed by atoms with van der Waals surface area (Å²) in [4.78, 5) is 12.9. The molecule has 0 fully saturated rings. The van der Waals surface area contributed by atoms with Crippen LogP contribution in [0.2, 0.25) is 0 Å². The minimum Gasteiger partial charge on any atom is -0.497 e. The number of carbonyl (C=O) groups is 1. The Morgan fingerprint density at radius 1 is 1.00 bits per heavy atom. The molecule has 0 saturated heterocycles. The molecule has 3 aromatic rings. The average molecular weight is 457 g/mol. The summed E-state index contributed by atoms with van der Waals surface area (Å²) >= 11 is 0. The number of sulfonamides is 1. The first-order valence-electron chi connectivity index (χ1n) is 10.0. The zero-order chi connectivity index (χ0) is 23.1. The molecule has 6 nitrogen and oxygen atoms in total. The number of hydrogen-bond acceptors (Lipinski definition) is 4. The van der Waals surface area contributed by atoms with Crippen molar-refractivity contribution in [2.24, 2.45) is 0 Å². The Bertz CT molecular complexity index is 1130. The molecule has 1 amide bonds. The molecule has 1 atom stereocenters. The molecule has 0 aliphatic rings. The summed E-state index contributed by atoms with van der Waals surface area (Å²) in [5, 5.41) is 2.84. The highest BCUT2D eigenvalue weighted by atomic mass is 32.2. The van der Waals surface area contributed by atoms with E-state index in [4.69, 9.17) is 4.74 Å². The summed E-state index contributed by atoms with van der Waals surface area (Å²) in [5.41, 5.74) is 1.43. The Labute approximate surface area is 187 Å². The number of methoxy groups -OCH3 is 1. The van der Waals surface area contributed by atoms with Crippen LogP contribution >= 0.6 is 0 Å². The van der Waals surface area contributed by atoms with Gasteiger partial charge in [0, 0.05) is 6.54 Å². The van der Waals surface area contributed by atoms with E-state index in [2.05, 4.69) is 5.32 Å². The lowest BCUT2D eigenvalue weighted by molar-refractivity contribution is -0.122. The Morgan fingerprint density at radius 2 is 1.62 bits per heavy atom. The molecule has 0 aromatic heterocycles. The van der Waals surface area contributed by atoms with E-state index in [1.165, 1.54) is 36.4 Å². The fraction of sp³-hybridized carbons (Fsp3) is 0.208. The Kier molecular flexibility index (Phi) is 7.61. The molecular weight excluding hydrogens is 431 g/mol. The Hall–Kier alpha value is -3.23. The van der Waals surface area contributed by atoms with Crippen molar-refractivity contribution >= 4 is 15.9 Å². The van der Waals surface area contributed by atoms with Gasteiger partial charge in [-0.3, -0.25) is 4.79 Å². The van der Waals surface area contributed by atoms with E-state index in [-0.39, 0.29) is 24.0 Å². The molecule has 0 radical (unpaired) electrons. The highest BCUT2D eigenvalue weighted by molar-refractivity contribution is 7.89. The number of amides is 1. The number of ether oxygens (including phenoxy) is 1. The van der Waals surface area contributed by atoms with Gasteiger partial charge < -0.3 is 10.1 Å². The van der Waals surface area contributed by atoms with Gasteiger partial charge in [-0.2, -0.15) is 4.31 Å². The molecule has 3 aromatic carbocycles. The first kappa shape index (κ1) is 23.4. The van der Waals surface area contributed by atoms with Gasteiger partial charge in [0.15, 0.2) is 0 Å². The molecule has 32 heavy (non-hydrogen) atoms. The zero-order valence-electron chi connectivity index (χ0n) is 17.9. The molecule has 0 unspecified atom stereocenters. The maximum atomic E-state index is 13.3. The van der Waals surface area contributed by atoms with Gasteiger partial charge in [0.1, 0.15) is 11.6 Å². The average Bonchev–Trinajstić information content (AvgIpc) is 2.80. The van der Waals surface area contributed by atoms with Crippen LogP contribution in [0.1, 0.15) is 24.1 Å². The van der Waals surface area contributed by atoms with E-state index in [9.17, 15) is 17.6 Å². The van der Waals surface area contributed by atoms with Gasteiger partial charge in [-0.15, -0.1) is 0 Å². The standard InChI is InChI=1S/C24H25FN2O4S/c1-18(20-10-14-22(31-2)15-11-20)26-24(28)17-27(16-19-8-12-21(25)13-9-19)32(29,30)23-6-4-3-5-7-23/h3-15,18H,16-17H2,1-2H3,(H,26,28)/t18-/m1/s1. The van der Waals surface area contributed by atoms with Crippen molar-refractivity contribution in [2.75, 3.05) is 13.7 Å². The summed E-state index contributed by atoms with van der Waals surface area (Å²) in [6.45, 7) is 1.37. The fourth-order valence-electron chi connectivity index (χ4n) is 3.18. The lowest BCUT2D eigenvalue weighted by Gasteiger charge is -2.23. The van der Waals surface area contributed by atoms with Crippen LogP contribution in [0.3, 0.4) is 0 Å². The van der Waals surface area contributed by atoms with Gasteiger partial charge in [-0.05, 0) is 54.4 Å². The molecule has 0 spiro atoms. The monoisotopic (exact) mass is 456 g/mol. The molecule has 168 valence electrons. The van der Waals surface area contributed by atoms with Crippen molar-refractivity contribution in [1.29, 1.82) is 0 Å². The highest BCUT2D eigenvalue weighted by Gasteiger charge is 2.27. The van der Waals surface area contributed by atoms with E-state index in [0.29, 0.717) is 11.3 Å². The number of benzene rings is 3. The third-order valence-electron chi connectivity index (χ3n) is 4.97. The van der Waals surface area contributed by atoms with Crippen molar-refractivity contribution in [3.05, 3.63) is 95.8 Å². The van der Waals surface area contributed by atoms with Gasteiger partial charge in [-0.25, -0.2) is 12.8 Å². The van der Waals surface area contributed by atoms with Crippen molar-refractivity contribution in [2.45, 2.75) is 24.4 Å². The second kappa shape index (κ2) is 10.4. The van der Waals surface area contributed by atoms with Crippen LogP contribution in [0.25, 0.3) is 0 Å². The van der Waals surface area contributed by atoms with Crippen molar-refractivity contribution < 1.29 is 22.3 Å². The van der Waals surface area contributed by atoms with Gasteiger partial charge in [0.25, 0.3) is 0 Å². The summed E-state index contributed by atoms with van der Waals surface area (Å²) in [7, 11) is -2.38. The largest absolute Gasteiger partial charge is 0.497 e. The van der Waals surface area contributed by atoms with Crippen LogP contribution in [0.4, 0.5) is 4.39 Å². The number of carbonyl (C=O) groups excluding carboxylic acids is 1. The van der Waals surface area contributed by atoms with Crippen LogP contribution in [0.15, 0.2) is 83.8 Å². The van der Waals surface area contributed by atoms with Gasteiger partial charge in [0.2, 0.25) is 15.9 Å². The molecule has 0 saturated carbocycles. The maximum Gasteiger partial charge on any atom is 0.243 e. The van der Waals surface area contributed by atoms with Gasteiger partial charge >= 0.3 is 0 Å². The SMILES string of the molecule is COc1ccc([C@@H](C)NC(=O)CN(Cc2ccc(F)cc2)S(=O)(=O)c2ccccc2)cc1. The van der Waals surface area contributed by atoms with E-state index in [1.54, 1.807) is 37.4 Å².